The van der Waals surface area contributed by atoms with Crippen molar-refractivity contribution >= 4 is 36.3 Å². The van der Waals surface area contributed by atoms with Gasteiger partial charge in [0.05, 0.1) is 19.8 Å². The largest absolute Gasteiger partial charge is 0.489 e. The summed E-state index contributed by atoms with van der Waals surface area (Å²) in [4.78, 5) is 23.9. The van der Waals surface area contributed by atoms with E-state index in [1.165, 1.54) is 7.11 Å². The van der Waals surface area contributed by atoms with Gasteiger partial charge in [-0.25, -0.2) is 4.79 Å². The van der Waals surface area contributed by atoms with Crippen molar-refractivity contribution in [3.05, 3.63) is 83.6 Å². The second kappa shape index (κ2) is 11.5. The van der Waals surface area contributed by atoms with E-state index in [0.717, 1.165) is 33.2 Å². The minimum absolute atomic E-state index is 0.0625. The summed E-state index contributed by atoms with van der Waals surface area (Å²) in [6.07, 6.45) is 1.25. The number of hydrogen-bond acceptors (Lipinski definition) is 6. The first-order chi connectivity index (χ1) is 18.1. The number of hydrogen-bond donors (Lipinski definition) is 1. The molecule has 2 radical (unpaired) electrons. The normalized spacial score (nSPS) is 11.3. The third kappa shape index (κ3) is 6.97. The molecule has 3 aromatic carbocycles. The third-order valence-corrected chi connectivity index (χ3v) is 5.73. The number of carbonyl (C=O) groups is 2. The highest BCUT2D eigenvalue weighted by Crippen LogP contribution is 2.32. The highest BCUT2D eigenvalue weighted by Gasteiger charge is 2.16. The highest BCUT2D eigenvalue weighted by molar-refractivity contribution is 6.32. The molecular formula is C30H30BNO6. The molecule has 194 valence electrons. The first kappa shape index (κ1) is 26.9. The molecule has 0 aliphatic heterocycles. The van der Waals surface area contributed by atoms with Gasteiger partial charge in [0.2, 0.25) is 0 Å². The smallest absolute Gasteiger partial charge is 0.407 e. The van der Waals surface area contributed by atoms with Gasteiger partial charge in [0.25, 0.3) is 0 Å². The molecule has 0 aliphatic rings. The van der Waals surface area contributed by atoms with Crippen molar-refractivity contribution in [1.29, 1.82) is 0 Å². The maximum absolute atomic E-state index is 12.1. The van der Waals surface area contributed by atoms with Crippen LogP contribution in [0.2, 0.25) is 0 Å². The quantitative estimate of drug-likeness (QED) is 0.258. The lowest BCUT2D eigenvalue weighted by molar-refractivity contribution is -0.139. The number of alkyl carbamates (subject to hydrolysis) is 1. The van der Waals surface area contributed by atoms with Gasteiger partial charge in [0.1, 0.15) is 31.4 Å². The molecular weight excluding hydrogens is 481 g/mol. The number of methoxy groups -OCH3 is 1. The van der Waals surface area contributed by atoms with Crippen LogP contribution in [0.1, 0.15) is 37.5 Å². The SMILES string of the molecule is [B]c1ccc(OCc2cc(-c3cccc(CNC(=O)OC(C)(C)C)c3)c3occc3c2)c(CC(=O)OC)c1. The van der Waals surface area contributed by atoms with Crippen molar-refractivity contribution in [1.82, 2.24) is 5.32 Å². The Balaban J connectivity index is 1.56. The number of benzene rings is 3. The number of amides is 1. The Morgan fingerprint density at radius 2 is 1.82 bits per heavy atom. The van der Waals surface area contributed by atoms with Gasteiger partial charge in [-0.05, 0) is 67.8 Å². The van der Waals surface area contributed by atoms with Crippen molar-refractivity contribution in [2.75, 3.05) is 7.11 Å². The van der Waals surface area contributed by atoms with E-state index in [-0.39, 0.29) is 19.0 Å². The lowest BCUT2D eigenvalue weighted by Gasteiger charge is -2.19. The minimum Gasteiger partial charge on any atom is -0.489 e. The predicted molar refractivity (Wildman–Crippen MR) is 147 cm³/mol. The van der Waals surface area contributed by atoms with Gasteiger partial charge in [-0.1, -0.05) is 35.8 Å². The van der Waals surface area contributed by atoms with Crippen LogP contribution in [0.4, 0.5) is 4.79 Å². The zero-order chi connectivity index (χ0) is 27.3. The first-order valence-electron chi connectivity index (χ1n) is 12.3. The van der Waals surface area contributed by atoms with Crippen LogP contribution in [0.15, 0.2) is 71.3 Å². The summed E-state index contributed by atoms with van der Waals surface area (Å²) in [7, 11) is 7.26. The van der Waals surface area contributed by atoms with Crippen LogP contribution in [0.25, 0.3) is 22.1 Å². The molecule has 4 aromatic rings. The molecule has 1 heterocycles. The van der Waals surface area contributed by atoms with E-state index in [1.807, 2.05) is 63.2 Å². The molecule has 0 saturated carbocycles. The van der Waals surface area contributed by atoms with Crippen LogP contribution in [0.5, 0.6) is 5.75 Å². The van der Waals surface area contributed by atoms with E-state index < -0.39 is 11.7 Å². The lowest BCUT2D eigenvalue weighted by Crippen LogP contribution is -2.32. The Morgan fingerprint density at radius 1 is 1.00 bits per heavy atom. The summed E-state index contributed by atoms with van der Waals surface area (Å²) in [6.45, 7) is 6.07. The Labute approximate surface area is 223 Å². The van der Waals surface area contributed by atoms with E-state index in [4.69, 9.17) is 26.5 Å². The second-order valence-electron chi connectivity index (χ2n) is 9.95. The summed E-state index contributed by atoms with van der Waals surface area (Å²) in [6, 6.07) is 19.0. The van der Waals surface area contributed by atoms with Crippen molar-refractivity contribution in [2.45, 2.75) is 45.9 Å². The minimum atomic E-state index is -0.564. The Kier molecular flexibility index (Phi) is 8.10. The fourth-order valence-electron chi connectivity index (χ4n) is 4.05. The summed E-state index contributed by atoms with van der Waals surface area (Å²) in [5.41, 5.74) is 5.07. The van der Waals surface area contributed by atoms with Gasteiger partial charge in [-0.3, -0.25) is 4.79 Å². The van der Waals surface area contributed by atoms with Gasteiger partial charge >= 0.3 is 12.1 Å². The van der Waals surface area contributed by atoms with E-state index in [0.29, 0.717) is 23.3 Å². The molecule has 1 N–H and O–H groups in total. The van der Waals surface area contributed by atoms with Gasteiger partial charge in [-0.15, -0.1) is 0 Å². The highest BCUT2D eigenvalue weighted by atomic mass is 16.6. The topological polar surface area (TPSA) is 87.0 Å². The summed E-state index contributed by atoms with van der Waals surface area (Å²) < 4.78 is 22.1. The predicted octanol–water partition coefficient (Wildman–Crippen LogP) is 5.21. The molecule has 0 spiro atoms. The van der Waals surface area contributed by atoms with Crippen LogP contribution in [0, 0.1) is 0 Å². The lowest BCUT2D eigenvalue weighted by atomic mass is 9.93. The fraction of sp³-hybridized carbons (Fsp3) is 0.267. The molecule has 8 heteroatoms. The molecule has 0 saturated heterocycles. The Hall–Kier alpha value is -4.20. The number of ether oxygens (including phenoxy) is 3. The van der Waals surface area contributed by atoms with Crippen molar-refractivity contribution < 1.29 is 28.2 Å². The van der Waals surface area contributed by atoms with Crippen molar-refractivity contribution in [2.24, 2.45) is 0 Å². The van der Waals surface area contributed by atoms with E-state index >= 15 is 0 Å². The van der Waals surface area contributed by atoms with E-state index in [2.05, 4.69) is 5.32 Å². The molecule has 1 amide bonds. The first-order valence-corrected chi connectivity index (χ1v) is 12.3. The monoisotopic (exact) mass is 511 g/mol. The molecule has 1 aromatic heterocycles. The Bertz CT molecular complexity index is 1450. The van der Waals surface area contributed by atoms with Gasteiger partial charge < -0.3 is 23.9 Å². The molecule has 0 unspecified atom stereocenters. The molecule has 0 bridgehead atoms. The number of nitrogens with one attached hydrogen (secondary N) is 1. The summed E-state index contributed by atoms with van der Waals surface area (Å²) >= 11 is 0. The number of fused-ring (bicyclic) bond motifs is 1. The third-order valence-electron chi connectivity index (χ3n) is 5.73. The van der Waals surface area contributed by atoms with Crippen molar-refractivity contribution in [3.8, 4) is 16.9 Å². The molecule has 0 aliphatic carbocycles. The average Bonchev–Trinajstić information content (AvgIpc) is 3.34. The number of carbonyl (C=O) groups excluding carboxylic acids is 2. The number of furan rings is 1. The number of esters is 1. The maximum atomic E-state index is 12.1. The van der Waals surface area contributed by atoms with Gasteiger partial charge in [-0.2, -0.15) is 0 Å². The van der Waals surface area contributed by atoms with Crippen LogP contribution in [-0.4, -0.2) is 32.6 Å². The van der Waals surface area contributed by atoms with E-state index in [1.54, 1.807) is 24.5 Å². The van der Waals surface area contributed by atoms with Gasteiger partial charge in [0, 0.05) is 23.1 Å². The summed E-state index contributed by atoms with van der Waals surface area (Å²) in [5.74, 6) is 0.192. The van der Waals surface area contributed by atoms with Crippen LogP contribution in [-0.2, 0) is 33.8 Å². The maximum Gasteiger partial charge on any atom is 0.407 e. The Morgan fingerprint density at radius 3 is 2.58 bits per heavy atom. The zero-order valence-corrected chi connectivity index (χ0v) is 22.0. The molecule has 0 fully saturated rings. The molecule has 0 atom stereocenters. The number of rotatable bonds is 8. The molecule has 38 heavy (non-hydrogen) atoms. The average molecular weight is 511 g/mol. The van der Waals surface area contributed by atoms with Crippen LogP contribution in [0.3, 0.4) is 0 Å². The van der Waals surface area contributed by atoms with Crippen LogP contribution < -0.4 is 15.5 Å². The van der Waals surface area contributed by atoms with Gasteiger partial charge in [0.15, 0.2) is 0 Å². The zero-order valence-electron chi connectivity index (χ0n) is 22.0. The summed E-state index contributed by atoms with van der Waals surface area (Å²) in [5, 5.41) is 3.73. The van der Waals surface area contributed by atoms with Crippen LogP contribution >= 0.6 is 0 Å². The molecule has 7 nitrogen and oxygen atoms in total. The molecule has 4 rings (SSSR count). The van der Waals surface area contributed by atoms with Crippen molar-refractivity contribution in [3.63, 3.8) is 0 Å². The van der Waals surface area contributed by atoms with E-state index in [9.17, 15) is 9.59 Å². The standard InChI is InChI=1S/C30H30BNO6/c1-30(2,3)38-29(34)32-17-19-6-5-7-21(12-19)25-14-20(13-22-10-11-36-28(22)25)18-37-26-9-8-24(31)15-23(26)16-27(33)35-4/h5-15H,16-18H2,1-4H3,(H,32,34). The fourth-order valence-corrected chi connectivity index (χ4v) is 4.05. The second-order valence-corrected chi connectivity index (χ2v) is 9.95.